The molecule has 0 saturated heterocycles. The monoisotopic (exact) mass is 299 g/mol. The SMILES string of the molecule is C[C@H](O)c1ccc(-c2ccc(CNc3nnnn3C)o2)cc1. The van der Waals surface area contributed by atoms with Crippen molar-refractivity contribution in [3.05, 3.63) is 47.7 Å². The Balaban J connectivity index is 1.69. The third-order valence-corrected chi connectivity index (χ3v) is 3.38. The zero-order chi connectivity index (χ0) is 15.5. The van der Waals surface area contributed by atoms with E-state index in [-0.39, 0.29) is 0 Å². The molecule has 1 aromatic carbocycles. The average Bonchev–Trinajstić information content (AvgIpc) is 3.14. The molecule has 0 radical (unpaired) electrons. The summed E-state index contributed by atoms with van der Waals surface area (Å²) < 4.78 is 7.36. The van der Waals surface area contributed by atoms with E-state index in [1.807, 2.05) is 36.4 Å². The Kier molecular flexibility index (Phi) is 3.88. The minimum absolute atomic E-state index is 0.467. The number of aliphatic hydroxyl groups excluding tert-OH is 1. The van der Waals surface area contributed by atoms with E-state index in [1.165, 1.54) is 0 Å². The molecule has 0 aliphatic rings. The van der Waals surface area contributed by atoms with Crippen molar-refractivity contribution in [2.45, 2.75) is 19.6 Å². The molecule has 3 rings (SSSR count). The first-order chi connectivity index (χ1) is 10.6. The fraction of sp³-hybridized carbons (Fsp3) is 0.267. The summed E-state index contributed by atoms with van der Waals surface area (Å²) in [6.07, 6.45) is -0.467. The summed E-state index contributed by atoms with van der Waals surface area (Å²) in [4.78, 5) is 0. The maximum atomic E-state index is 9.52. The average molecular weight is 299 g/mol. The van der Waals surface area contributed by atoms with Crippen LogP contribution in [0.5, 0.6) is 0 Å². The summed E-state index contributed by atoms with van der Waals surface area (Å²) in [6.45, 7) is 2.24. The van der Waals surface area contributed by atoms with Gasteiger partial charge >= 0.3 is 0 Å². The Bertz CT molecular complexity index is 745. The Morgan fingerprint density at radius 3 is 2.64 bits per heavy atom. The number of rotatable bonds is 5. The van der Waals surface area contributed by atoms with Crippen LogP contribution in [-0.2, 0) is 13.6 Å². The molecular formula is C15H17N5O2. The van der Waals surface area contributed by atoms with Gasteiger partial charge in [0.1, 0.15) is 11.5 Å². The van der Waals surface area contributed by atoms with Gasteiger partial charge in [0.15, 0.2) is 0 Å². The number of aromatic nitrogens is 4. The van der Waals surface area contributed by atoms with E-state index in [4.69, 9.17) is 4.42 Å². The summed E-state index contributed by atoms with van der Waals surface area (Å²) in [5.41, 5.74) is 1.85. The van der Waals surface area contributed by atoms with Gasteiger partial charge in [0.05, 0.1) is 12.6 Å². The van der Waals surface area contributed by atoms with Crippen molar-refractivity contribution in [2.24, 2.45) is 7.05 Å². The van der Waals surface area contributed by atoms with Gasteiger partial charge in [-0.05, 0) is 35.0 Å². The van der Waals surface area contributed by atoms with Crippen molar-refractivity contribution in [1.82, 2.24) is 20.2 Å². The van der Waals surface area contributed by atoms with Crippen LogP contribution in [0.15, 0.2) is 40.8 Å². The smallest absolute Gasteiger partial charge is 0.243 e. The van der Waals surface area contributed by atoms with Gasteiger partial charge < -0.3 is 14.8 Å². The lowest BCUT2D eigenvalue weighted by molar-refractivity contribution is 0.199. The van der Waals surface area contributed by atoms with Gasteiger partial charge in [-0.1, -0.05) is 29.4 Å². The summed E-state index contributed by atoms with van der Waals surface area (Å²) >= 11 is 0. The third-order valence-electron chi connectivity index (χ3n) is 3.38. The second-order valence-corrected chi connectivity index (χ2v) is 5.04. The highest BCUT2D eigenvalue weighted by Gasteiger charge is 2.07. The lowest BCUT2D eigenvalue weighted by Gasteiger charge is -2.05. The summed E-state index contributed by atoms with van der Waals surface area (Å²) in [5.74, 6) is 2.15. The van der Waals surface area contributed by atoms with Crippen LogP contribution < -0.4 is 5.32 Å². The Labute approximate surface area is 127 Å². The van der Waals surface area contributed by atoms with E-state index in [0.29, 0.717) is 12.5 Å². The molecule has 0 saturated carbocycles. The van der Waals surface area contributed by atoms with Crippen LogP contribution in [0.2, 0.25) is 0 Å². The normalized spacial score (nSPS) is 12.3. The number of tetrazole rings is 1. The molecule has 0 spiro atoms. The van der Waals surface area contributed by atoms with Crippen LogP contribution in [0.1, 0.15) is 24.4 Å². The summed E-state index contributed by atoms with van der Waals surface area (Å²) in [7, 11) is 1.76. The van der Waals surface area contributed by atoms with Crippen molar-refractivity contribution in [3.8, 4) is 11.3 Å². The molecule has 0 bridgehead atoms. The number of nitrogens with one attached hydrogen (secondary N) is 1. The molecule has 0 aliphatic heterocycles. The predicted molar refractivity (Wildman–Crippen MR) is 80.9 cm³/mol. The van der Waals surface area contributed by atoms with E-state index in [9.17, 15) is 5.11 Å². The maximum Gasteiger partial charge on any atom is 0.243 e. The molecule has 114 valence electrons. The molecule has 22 heavy (non-hydrogen) atoms. The topological polar surface area (TPSA) is 89.0 Å². The molecule has 1 atom stereocenters. The number of hydrogen-bond acceptors (Lipinski definition) is 6. The fourth-order valence-corrected chi connectivity index (χ4v) is 2.10. The Hall–Kier alpha value is -2.67. The van der Waals surface area contributed by atoms with Crippen molar-refractivity contribution < 1.29 is 9.52 Å². The highest BCUT2D eigenvalue weighted by atomic mass is 16.3. The second-order valence-electron chi connectivity index (χ2n) is 5.04. The van der Waals surface area contributed by atoms with Crippen molar-refractivity contribution in [3.63, 3.8) is 0 Å². The lowest BCUT2D eigenvalue weighted by atomic mass is 10.1. The number of aliphatic hydroxyl groups is 1. The minimum atomic E-state index is -0.467. The highest BCUT2D eigenvalue weighted by Crippen LogP contribution is 2.24. The molecular weight excluding hydrogens is 282 g/mol. The largest absolute Gasteiger partial charge is 0.459 e. The van der Waals surface area contributed by atoms with Gasteiger partial charge in [0, 0.05) is 12.6 Å². The predicted octanol–water partition coefficient (Wildman–Crippen LogP) is 2.14. The quantitative estimate of drug-likeness (QED) is 0.750. The molecule has 7 nitrogen and oxygen atoms in total. The molecule has 7 heteroatoms. The van der Waals surface area contributed by atoms with E-state index in [1.54, 1.807) is 18.7 Å². The molecule has 0 aliphatic carbocycles. The van der Waals surface area contributed by atoms with Gasteiger partial charge in [0.2, 0.25) is 5.95 Å². The van der Waals surface area contributed by atoms with Gasteiger partial charge in [-0.25, -0.2) is 4.68 Å². The van der Waals surface area contributed by atoms with Gasteiger partial charge in [-0.2, -0.15) is 0 Å². The van der Waals surface area contributed by atoms with E-state index < -0.39 is 6.10 Å². The third kappa shape index (κ3) is 2.99. The highest BCUT2D eigenvalue weighted by molar-refractivity contribution is 5.58. The van der Waals surface area contributed by atoms with Crippen LogP contribution in [0.3, 0.4) is 0 Å². The maximum absolute atomic E-state index is 9.52. The first-order valence-electron chi connectivity index (χ1n) is 6.97. The van der Waals surface area contributed by atoms with Crippen LogP contribution in [-0.4, -0.2) is 25.3 Å². The Morgan fingerprint density at radius 2 is 2.00 bits per heavy atom. The molecule has 0 amide bonds. The zero-order valence-electron chi connectivity index (χ0n) is 12.4. The molecule has 0 unspecified atom stereocenters. The van der Waals surface area contributed by atoms with E-state index in [2.05, 4.69) is 20.8 Å². The Morgan fingerprint density at radius 1 is 1.23 bits per heavy atom. The lowest BCUT2D eigenvalue weighted by Crippen LogP contribution is -2.04. The standard InChI is InChI=1S/C15H17N5O2/c1-10(21)11-3-5-12(6-4-11)14-8-7-13(22-14)9-16-15-17-18-19-20(15)2/h3-8,10,21H,9H2,1-2H3,(H,16,17,19)/t10-/m0/s1. The molecule has 2 N–H and O–H groups in total. The first-order valence-corrected chi connectivity index (χ1v) is 6.97. The summed E-state index contributed by atoms with van der Waals surface area (Å²) in [6, 6.07) is 11.5. The van der Waals surface area contributed by atoms with Gasteiger partial charge in [-0.15, -0.1) is 0 Å². The van der Waals surface area contributed by atoms with Crippen LogP contribution in [0.25, 0.3) is 11.3 Å². The molecule has 2 aromatic heterocycles. The second kappa shape index (κ2) is 5.98. The van der Waals surface area contributed by atoms with E-state index >= 15 is 0 Å². The minimum Gasteiger partial charge on any atom is -0.459 e. The van der Waals surface area contributed by atoms with Crippen LogP contribution in [0, 0.1) is 0 Å². The zero-order valence-corrected chi connectivity index (χ0v) is 12.4. The number of aryl methyl sites for hydroxylation is 1. The molecule has 0 fully saturated rings. The molecule has 3 aromatic rings. The fourth-order valence-electron chi connectivity index (χ4n) is 2.10. The van der Waals surface area contributed by atoms with Gasteiger partial charge in [0.25, 0.3) is 0 Å². The number of benzene rings is 1. The van der Waals surface area contributed by atoms with Gasteiger partial charge in [-0.3, -0.25) is 0 Å². The molecule has 2 heterocycles. The van der Waals surface area contributed by atoms with Crippen molar-refractivity contribution in [2.75, 3.05) is 5.32 Å². The number of hydrogen-bond donors (Lipinski definition) is 2. The van der Waals surface area contributed by atoms with Crippen LogP contribution >= 0.6 is 0 Å². The number of furan rings is 1. The first kappa shape index (κ1) is 14.3. The number of nitrogens with zero attached hydrogens (tertiary/aromatic N) is 4. The van der Waals surface area contributed by atoms with Crippen LogP contribution in [0.4, 0.5) is 5.95 Å². The number of anilines is 1. The van der Waals surface area contributed by atoms with Crippen molar-refractivity contribution in [1.29, 1.82) is 0 Å². The summed E-state index contributed by atoms with van der Waals surface area (Å²) in [5, 5.41) is 23.8. The van der Waals surface area contributed by atoms with Crippen molar-refractivity contribution >= 4 is 5.95 Å². The van der Waals surface area contributed by atoms with E-state index in [0.717, 1.165) is 22.6 Å².